The molecule has 2 aromatic heterocycles. The molecule has 0 saturated carbocycles. The summed E-state index contributed by atoms with van der Waals surface area (Å²) in [5.74, 6) is 0.330. The van der Waals surface area contributed by atoms with E-state index in [1.807, 2.05) is 66.1 Å². The third-order valence-corrected chi connectivity index (χ3v) is 4.55. The van der Waals surface area contributed by atoms with E-state index in [4.69, 9.17) is 4.74 Å². The standard InChI is InChI=1S/C21H20FN3O/c1-3-18-15(2)24-14-16(12-13-20(24)23-18)25-19(22)10-7-11-21(25)26-17-8-5-4-6-9-17/h4-14,21H,3H2,1-2H3. The Labute approximate surface area is 151 Å². The van der Waals surface area contributed by atoms with Gasteiger partial charge >= 0.3 is 0 Å². The second kappa shape index (κ2) is 6.67. The van der Waals surface area contributed by atoms with Crippen molar-refractivity contribution in [3.8, 4) is 5.75 Å². The number of para-hydroxylation sites is 1. The summed E-state index contributed by atoms with van der Waals surface area (Å²) in [5, 5.41) is 0. The number of ether oxygens (including phenoxy) is 1. The van der Waals surface area contributed by atoms with E-state index < -0.39 is 6.23 Å². The van der Waals surface area contributed by atoms with Gasteiger partial charge in [-0.3, -0.25) is 4.90 Å². The molecule has 4 nitrogen and oxygen atoms in total. The number of benzene rings is 1. The summed E-state index contributed by atoms with van der Waals surface area (Å²) < 4.78 is 22.7. The third kappa shape index (κ3) is 2.86. The number of rotatable bonds is 4. The molecule has 3 aromatic rings. The summed E-state index contributed by atoms with van der Waals surface area (Å²) in [6.45, 7) is 4.11. The lowest BCUT2D eigenvalue weighted by Gasteiger charge is -2.32. The summed E-state index contributed by atoms with van der Waals surface area (Å²) in [4.78, 5) is 6.15. The van der Waals surface area contributed by atoms with Crippen LogP contribution < -0.4 is 9.64 Å². The SMILES string of the molecule is CCc1nc2ccc(N3C(F)=CC=CC3Oc3ccccc3)cn2c1C. The van der Waals surface area contributed by atoms with Gasteiger partial charge in [0.15, 0.2) is 12.2 Å². The highest BCUT2D eigenvalue weighted by molar-refractivity contribution is 5.58. The molecule has 5 heteroatoms. The predicted molar refractivity (Wildman–Crippen MR) is 101 cm³/mol. The highest BCUT2D eigenvalue weighted by atomic mass is 19.1. The van der Waals surface area contributed by atoms with E-state index in [0.717, 1.165) is 23.5 Å². The number of pyridine rings is 1. The van der Waals surface area contributed by atoms with Gasteiger partial charge in [-0.15, -0.1) is 0 Å². The molecule has 26 heavy (non-hydrogen) atoms. The maximum Gasteiger partial charge on any atom is 0.198 e. The predicted octanol–water partition coefficient (Wildman–Crippen LogP) is 4.80. The van der Waals surface area contributed by atoms with Crippen LogP contribution >= 0.6 is 0 Å². The molecule has 1 aliphatic heterocycles. The minimum Gasteiger partial charge on any atom is -0.466 e. The molecule has 0 amide bonds. The van der Waals surface area contributed by atoms with Crippen LogP contribution in [0.3, 0.4) is 0 Å². The second-order valence-corrected chi connectivity index (χ2v) is 6.18. The van der Waals surface area contributed by atoms with Gasteiger partial charge < -0.3 is 9.14 Å². The first kappa shape index (κ1) is 16.4. The van der Waals surface area contributed by atoms with Gasteiger partial charge in [0, 0.05) is 11.9 Å². The lowest BCUT2D eigenvalue weighted by molar-refractivity contribution is 0.239. The quantitative estimate of drug-likeness (QED) is 0.634. The van der Waals surface area contributed by atoms with E-state index in [1.165, 1.54) is 11.0 Å². The van der Waals surface area contributed by atoms with Crippen LogP contribution in [0, 0.1) is 6.92 Å². The van der Waals surface area contributed by atoms with Crippen molar-refractivity contribution in [2.24, 2.45) is 0 Å². The molecule has 0 radical (unpaired) electrons. The molecule has 3 heterocycles. The van der Waals surface area contributed by atoms with Gasteiger partial charge in [-0.05, 0) is 49.8 Å². The van der Waals surface area contributed by atoms with Crippen LogP contribution in [-0.4, -0.2) is 15.6 Å². The molecule has 0 spiro atoms. The van der Waals surface area contributed by atoms with Crippen molar-refractivity contribution in [2.75, 3.05) is 4.90 Å². The van der Waals surface area contributed by atoms with Gasteiger partial charge in [0.25, 0.3) is 0 Å². The van der Waals surface area contributed by atoms with Gasteiger partial charge in [0.1, 0.15) is 11.4 Å². The number of imidazole rings is 1. The van der Waals surface area contributed by atoms with Crippen LogP contribution in [0.4, 0.5) is 10.1 Å². The smallest absolute Gasteiger partial charge is 0.198 e. The highest BCUT2D eigenvalue weighted by Crippen LogP contribution is 2.29. The van der Waals surface area contributed by atoms with Crippen molar-refractivity contribution in [3.05, 3.63) is 84.2 Å². The molecule has 132 valence electrons. The minimum atomic E-state index is -0.561. The van der Waals surface area contributed by atoms with Gasteiger partial charge in [0.05, 0.1) is 11.4 Å². The number of aryl methyl sites for hydroxylation is 2. The largest absolute Gasteiger partial charge is 0.466 e. The van der Waals surface area contributed by atoms with E-state index in [0.29, 0.717) is 11.4 Å². The van der Waals surface area contributed by atoms with Crippen LogP contribution in [0.5, 0.6) is 5.75 Å². The Kier molecular flexibility index (Phi) is 4.21. The zero-order valence-corrected chi connectivity index (χ0v) is 14.8. The fraction of sp³-hybridized carbons (Fsp3) is 0.190. The fourth-order valence-electron chi connectivity index (χ4n) is 3.20. The first-order chi connectivity index (χ1) is 12.7. The Morgan fingerprint density at radius 2 is 1.96 bits per heavy atom. The molecule has 1 unspecified atom stereocenters. The molecule has 0 aliphatic carbocycles. The molecule has 4 rings (SSSR count). The van der Waals surface area contributed by atoms with E-state index >= 15 is 0 Å². The lowest BCUT2D eigenvalue weighted by atomic mass is 10.2. The van der Waals surface area contributed by atoms with E-state index in [1.54, 1.807) is 6.08 Å². The molecule has 0 saturated heterocycles. The van der Waals surface area contributed by atoms with E-state index in [2.05, 4.69) is 11.9 Å². The number of anilines is 1. The van der Waals surface area contributed by atoms with Crippen LogP contribution in [-0.2, 0) is 6.42 Å². The van der Waals surface area contributed by atoms with Crippen molar-refractivity contribution < 1.29 is 9.13 Å². The van der Waals surface area contributed by atoms with Gasteiger partial charge in [0.2, 0.25) is 0 Å². The Bertz CT molecular complexity index is 991. The van der Waals surface area contributed by atoms with Crippen molar-refractivity contribution in [1.82, 2.24) is 9.38 Å². The number of hydrogen-bond acceptors (Lipinski definition) is 3. The summed E-state index contributed by atoms with van der Waals surface area (Å²) in [5.41, 5.74) is 3.69. The summed E-state index contributed by atoms with van der Waals surface area (Å²) in [7, 11) is 0. The first-order valence-electron chi connectivity index (χ1n) is 8.70. The summed E-state index contributed by atoms with van der Waals surface area (Å²) in [6, 6.07) is 13.2. The van der Waals surface area contributed by atoms with Crippen LogP contribution in [0.2, 0.25) is 0 Å². The zero-order chi connectivity index (χ0) is 18.1. The average molecular weight is 349 g/mol. The molecule has 1 aromatic carbocycles. The maximum absolute atomic E-state index is 14.7. The van der Waals surface area contributed by atoms with Gasteiger partial charge in [-0.25, -0.2) is 4.98 Å². The molecule has 0 N–H and O–H groups in total. The second-order valence-electron chi connectivity index (χ2n) is 6.18. The number of nitrogens with zero attached hydrogens (tertiary/aromatic N) is 3. The number of halogens is 1. The van der Waals surface area contributed by atoms with Crippen molar-refractivity contribution in [3.63, 3.8) is 0 Å². The van der Waals surface area contributed by atoms with Crippen molar-refractivity contribution >= 4 is 11.3 Å². The Morgan fingerprint density at radius 3 is 2.73 bits per heavy atom. The van der Waals surface area contributed by atoms with Crippen LogP contribution in [0.25, 0.3) is 5.65 Å². The summed E-state index contributed by atoms with van der Waals surface area (Å²) >= 11 is 0. The van der Waals surface area contributed by atoms with E-state index in [9.17, 15) is 4.39 Å². The first-order valence-corrected chi connectivity index (χ1v) is 8.70. The van der Waals surface area contributed by atoms with Crippen LogP contribution in [0.15, 0.2) is 72.8 Å². The number of allylic oxidation sites excluding steroid dienone is 2. The third-order valence-electron chi connectivity index (χ3n) is 4.55. The van der Waals surface area contributed by atoms with Gasteiger partial charge in [-0.2, -0.15) is 4.39 Å². The average Bonchev–Trinajstić information content (AvgIpc) is 2.98. The number of hydrogen-bond donors (Lipinski definition) is 0. The maximum atomic E-state index is 14.7. The molecule has 1 atom stereocenters. The number of aromatic nitrogens is 2. The topological polar surface area (TPSA) is 29.8 Å². The Hall–Kier alpha value is -3.08. The Morgan fingerprint density at radius 1 is 1.15 bits per heavy atom. The zero-order valence-electron chi connectivity index (χ0n) is 14.8. The molecule has 1 aliphatic rings. The summed E-state index contributed by atoms with van der Waals surface area (Å²) in [6.07, 6.45) is 7.16. The Balaban J connectivity index is 1.73. The number of fused-ring (bicyclic) bond motifs is 1. The molecule has 0 bridgehead atoms. The van der Waals surface area contributed by atoms with Crippen molar-refractivity contribution in [1.29, 1.82) is 0 Å². The minimum absolute atomic E-state index is 0.360. The monoisotopic (exact) mass is 349 g/mol. The van der Waals surface area contributed by atoms with Crippen LogP contribution in [0.1, 0.15) is 18.3 Å². The molecule has 0 fully saturated rings. The lowest BCUT2D eigenvalue weighted by Crippen LogP contribution is -2.38. The fourth-order valence-corrected chi connectivity index (χ4v) is 3.20. The normalized spacial score (nSPS) is 16.8. The van der Waals surface area contributed by atoms with Gasteiger partial charge in [-0.1, -0.05) is 31.2 Å². The van der Waals surface area contributed by atoms with Crippen molar-refractivity contribution in [2.45, 2.75) is 26.5 Å². The van der Waals surface area contributed by atoms with E-state index in [-0.39, 0.29) is 5.95 Å². The molecular formula is C21H20FN3O. The molecular weight excluding hydrogens is 329 g/mol. The highest BCUT2D eigenvalue weighted by Gasteiger charge is 2.25.